The highest BCUT2D eigenvalue weighted by Gasteiger charge is 2.27. The first kappa shape index (κ1) is 26.1. The number of aryl methyl sites for hydroxylation is 2. The number of ketones is 1. The Morgan fingerprint density at radius 3 is 2.34 bits per heavy atom. The van der Waals surface area contributed by atoms with Crippen molar-refractivity contribution in [1.82, 2.24) is 24.4 Å². The minimum Gasteiger partial charge on any atom is -0.382 e. The predicted octanol–water partition coefficient (Wildman–Crippen LogP) is 1.79. The van der Waals surface area contributed by atoms with Crippen LogP contribution in [0.5, 0.6) is 0 Å². The van der Waals surface area contributed by atoms with E-state index in [-0.39, 0.29) is 40.6 Å². The summed E-state index contributed by atoms with van der Waals surface area (Å²) < 4.78 is 13.1. The Morgan fingerprint density at radius 2 is 1.66 bits per heavy atom. The maximum absolute atomic E-state index is 13.6. The number of nitrogens with zero attached hydrogens (tertiary/aromatic N) is 6. The lowest BCUT2D eigenvalue weighted by Gasteiger charge is -2.32. The average molecular weight is 543 g/mol. The molecule has 1 amide bonds. The largest absolute Gasteiger partial charge is 0.382 e. The molecule has 2 fully saturated rings. The molecule has 0 bridgehead atoms. The van der Waals surface area contributed by atoms with Gasteiger partial charge in [0.1, 0.15) is 11.5 Å². The average Bonchev–Trinajstić information content (AvgIpc) is 3.29. The van der Waals surface area contributed by atoms with Crippen LogP contribution in [0.2, 0.25) is 5.15 Å². The molecule has 202 valence electrons. The number of imidazole rings is 1. The summed E-state index contributed by atoms with van der Waals surface area (Å²) in [4.78, 5) is 43.3. The zero-order valence-electron chi connectivity index (χ0n) is 21.3. The fourth-order valence-corrected chi connectivity index (χ4v) is 5.04. The third-order valence-corrected chi connectivity index (χ3v) is 7.16. The molecule has 0 radical (unpaired) electrons. The van der Waals surface area contributed by atoms with Crippen LogP contribution in [0.4, 0.5) is 17.3 Å². The molecule has 0 aliphatic carbocycles. The van der Waals surface area contributed by atoms with E-state index in [2.05, 4.69) is 19.4 Å². The molecule has 5 rings (SSSR count). The van der Waals surface area contributed by atoms with Crippen LogP contribution in [0.1, 0.15) is 40.0 Å². The Kier molecular flexibility index (Phi) is 7.63. The number of Topliss-reactive ketones (excluding diaryl/α,β-unsaturated/α-hetero) is 1. The van der Waals surface area contributed by atoms with Crippen molar-refractivity contribution in [2.45, 2.75) is 26.3 Å². The van der Waals surface area contributed by atoms with Gasteiger partial charge in [-0.25, -0.2) is 15.0 Å². The van der Waals surface area contributed by atoms with Crippen molar-refractivity contribution in [3.63, 3.8) is 0 Å². The van der Waals surface area contributed by atoms with Crippen molar-refractivity contribution in [3.8, 4) is 0 Å². The number of hydrogen-bond donors (Lipinski definition) is 2. The van der Waals surface area contributed by atoms with Gasteiger partial charge in [0.05, 0.1) is 48.7 Å². The highest BCUT2D eigenvalue weighted by Crippen LogP contribution is 2.31. The summed E-state index contributed by atoms with van der Waals surface area (Å²) in [6.07, 6.45) is 0.461. The number of benzene rings is 1. The number of nitrogen functional groups attached to an aromatic ring is 2. The van der Waals surface area contributed by atoms with Gasteiger partial charge in [0.15, 0.2) is 22.6 Å². The molecule has 13 heteroatoms. The SMILES string of the molecule is CCn1c(CCC(=O)c2nc(Cl)c(N)nc2N)nc2cc(C(=O)N3CCOCC3)c(N3CCOCC3)cc21. The van der Waals surface area contributed by atoms with Gasteiger partial charge in [0, 0.05) is 45.6 Å². The van der Waals surface area contributed by atoms with E-state index in [0.29, 0.717) is 76.7 Å². The molecule has 2 saturated heterocycles. The second kappa shape index (κ2) is 11.1. The van der Waals surface area contributed by atoms with Crippen molar-refractivity contribution < 1.29 is 19.1 Å². The van der Waals surface area contributed by atoms with Crippen molar-refractivity contribution in [2.24, 2.45) is 0 Å². The predicted molar refractivity (Wildman–Crippen MR) is 144 cm³/mol. The monoisotopic (exact) mass is 542 g/mol. The zero-order chi connectivity index (χ0) is 26.8. The number of ether oxygens (including phenoxy) is 2. The number of rotatable bonds is 7. The van der Waals surface area contributed by atoms with Gasteiger partial charge in [-0.05, 0) is 19.1 Å². The van der Waals surface area contributed by atoms with E-state index in [4.69, 9.17) is 37.5 Å². The lowest BCUT2D eigenvalue weighted by Crippen LogP contribution is -2.42. The summed E-state index contributed by atoms with van der Waals surface area (Å²) in [5.41, 5.74) is 14.6. The third kappa shape index (κ3) is 5.11. The number of amides is 1. The number of carbonyl (C=O) groups excluding carboxylic acids is 2. The maximum Gasteiger partial charge on any atom is 0.256 e. The van der Waals surface area contributed by atoms with Crippen molar-refractivity contribution >= 4 is 51.6 Å². The number of carbonyl (C=O) groups is 2. The molecule has 2 aliphatic rings. The van der Waals surface area contributed by atoms with E-state index in [9.17, 15) is 9.59 Å². The van der Waals surface area contributed by atoms with E-state index >= 15 is 0 Å². The van der Waals surface area contributed by atoms with Gasteiger partial charge >= 0.3 is 0 Å². The van der Waals surface area contributed by atoms with Gasteiger partial charge in [-0.3, -0.25) is 9.59 Å². The molecule has 0 saturated carbocycles. The van der Waals surface area contributed by atoms with Crippen molar-refractivity contribution in [1.29, 1.82) is 0 Å². The number of morpholine rings is 2. The summed E-state index contributed by atoms with van der Waals surface area (Å²) >= 11 is 5.95. The first-order chi connectivity index (χ1) is 18.4. The van der Waals surface area contributed by atoms with Crippen LogP contribution in [-0.4, -0.2) is 88.7 Å². The molecule has 12 nitrogen and oxygen atoms in total. The second-order valence-electron chi connectivity index (χ2n) is 9.19. The van der Waals surface area contributed by atoms with Gasteiger partial charge < -0.3 is 35.3 Å². The number of fused-ring (bicyclic) bond motifs is 1. The molecular weight excluding hydrogens is 512 g/mol. The van der Waals surface area contributed by atoms with Crippen LogP contribution < -0.4 is 16.4 Å². The van der Waals surface area contributed by atoms with Gasteiger partial charge in [-0.15, -0.1) is 0 Å². The second-order valence-corrected chi connectivity index (χ2v) is 9.55. The lowest BCUT2D eigenvalue weighted by atomic mass is 10.1. The van der Waals surface area contributed by atoms with Crippen LogP contribution in [0.25, 0.3) is 11.0 Å². The minimum absolute atomic E-state index is 0.00337. The number of aromatic nitrogens is 4. The smallest absolute Gasteiger partial charge is 0.256 e. The summed E-state index contributed by atoms with van der Waals surface area (Å²) in [5, 5.41) is -0.0588. The maximum atomic E-state index is 13.6. The topological polar surface area (TPSA) is 155 Å². The van der Waals surface area contributed by atoms with Crippen LogP contribution in [0, 0.1) is 0 Å². The summed E-state index contributed by atoms with van der Waals surface area (Å²) in [7, 11) is 0. The van der Waals surface area contributed by atoms with E-state index in [0.717, 1.165) is 17.0 Å². The zero-order valence-corrected chi connectivity index (χ0v) is 22.0. The molecule has 0 unspecified atom stereocenters. The van der Waals surface area contributed by atoms with E-state index < -0.39 is 0 Å². The Hall–Kier alpha value is -3.48. The molecule has 1 aromatic carbocycles. The van der Waals surface area contributed by atoms with E-state index in [1.165, 1.54) is 0 Å². The van der Waals surface area contributed by atoms with Crippen LogP contribution in [0.15, 0.2) is 12.1 Å². The fourth-order valence-electron chi connectivity index (χ4n) is 4.92. The van der Waals surface area contributed by atoms with Crippen LogP contribution in [0.3, 0.4) is 0 Å². The first-order valence-corrected chi connectivity index (χ1v) is 13.1. The Morgan fingerprint density at radius 1 is 0.974 bits per heavy atom. The number of hydrogen-bond acceptors (Lipinski definition) is 10. The molecule has 2 aromatic heterocycles. The number of nitrogens with two attached hydrogens (primary N) is 2. The van der Waals surface area contributed by atoms with Gasteiger partial charge in [-0.1, -0.05) is 11.6 Å². The molecular formula is C25H31ClN8O4. The number of anilines is 3. The molecule has 4 N–H and O–H groups in total. The minimum atomic E-state index is -0.302. The van der Waals surface area contributed by atoms with Gasteiger partial charge in [0.25, 0.3) is 5.91 Å². The van der Waals surface area contributed by atoms with Crippen molar-refractivity contribution in [3.05, 3.63) is 34.4 Å². The first-order valence-electron chi connectivity index (χ1n) is 12.7. The normalized spacial score (nSPS) is 16.3. The van der Waals surface area contributed by atoms with Crippen LogP contribution in [-0.2, 0) is 22.4 Å². The molecule has 2 aliphatic heterocycles. The molecule has 0 atom stereocenters. The standard InChI is InChI=1S/C25H31ClN8O4/c1-2-34-18-14-17(32-5-9-37-10-6-32)15(25(36)33-7-11-38-12-8-33)13-16(18)29-20(34)4-3-19(35)21-23(27)31-24(28)22(26)30-21/h13-14H,2-12H2,1H3,(H4,27,28,31). The van der Waals surface area contributed by atoms with Crippen molar-refractivity contribution in [2.75, 3.05) is 69.0 Å². The van der Waals surface area contributed by atoms with Gasteiger partial charge in [-0.2, -0.15) is 0 Å². The number of halogens is 1. The summed E-state index contributed by atoms with van der Waals surface area (Å²) in [6, 6.07) is 3.91. The molecule has 0 spiro atoms. The summed E-state index contributed by atoms with van der Waals surface area (Å²) in [5.74, 6) is 0.319. The Labute approximate surface area is 224 Å². The molecule has 3 aromatic rings. The van der Waals surface area contributed by atoms with Gasteiger partial charge in [0.2, 0.25) is 0 Å². The molecule has 38 heavy (non-hydrogen) atoms. The highest BCUT2D eigenvalue weighted by atomic mass is 35.5. The quantitative estimate of drug-likeness (QED) is 0.422. The Balaban J connectivity index is 1.48. The summed E-state index contributed by atoms with van der Waals surface area (Å²) in [6.45, 7) is 7.43. The molecule has 4 heterocycles. The highest BCUT2D eigenvalue weighted by molar-refractivity contribution is 6.31. The van der Waals surface area contributed by atoms with Crippen LogP contribution >= 0.6 is 11.6 Å². The Bertz CT molecular complexity index is 1370. The lowest BCUT2D eigenvalue weighted by molar-refractivity contribution is 0.0303. The van der Waals surface area contributed by atoms with E-state index in [1.54, 1.807) is 0 Å². The fraction of sp³-hybridized carbons (Fsp3) is 0.480. The van der Waals surface area contributed by atoms with E-state index in [1.807, 2.05) is 24.0 Å². The third-order valence-electron chi connectivity index (χ3n) is 6.89.